The van der Waals surface area contributed by atoms with Gasteiger partial charge in [0, 0.05) is 12.6 Å². The van der Waals surface area contributed by atoms with E-state index < -0.39 is 0 Å². The molecular weight excluding hydrogens is 174 g/mol. The number of hydrogen-bond donors (Lipinski definition) is 3. The van der Waals surface area contributed by atoms with Crippen LogP contribution in [0.25, 0.3) is 0 Å². The number of hydrogen-bond acceptors (Lipinski definition) is 3. The van der Waals surface area contributed by atoms with Crippen molar-refractivity contribution in [3.63, 3.8) is 0 Å². The Morgan fingerprint density at radius 1 is 1.29 bits per heavy atom. The summed E-state index contributed by atoms with van der Waals surface area (Å²) in [5.74, 6) is 0. The van der Waals surface area contributed by atoms with Crippen LogP contribution in [0, 0.1) is 0 Å². The van der Waals surface area contributed by atoms with E-state index in [0.29, 0.717) is 6.04 Å². The maximum Gasteiger partial charge on any atom is 0.0434 e. The van der Waals surface area contributed by atoms with Crippen LogP contribution in [0.3, 0.4) is 0 Å². The molecule has 1 aromatic rings. The second-order valence-corrected chi connectivity index (χ2v) is 3.35. The molecule has 0 radical (unpaired) electrons. The van der Waals surface area contributed by atoms with Crippen molar-refractivity contribution in [1.82, 2.24) is 10.9 Å². The first kappa shape index (κ1) is 11.2. The molecule has 0 aliphatic rings. The lowest BCUT2D eigenvalue weighted by atomic mass is 10.1. The van der Waals surface area contributed by atoms with Crippen LogP contribution in [0.5, 0.6) is 0 Å². The third kappa shape index (κ3) is 3.87. The van der Waals surface area contributed by atoms with Crippen LogP contribution in [0.4, 0.5) is 0 Å². The summed E-state index contributed by atoms with van der Waals surface area (Å²) in [7, 11) is 0. The van der Waals surface area contributed by atoms with Gasteiger partial charge in [-0.2, -0.15) is 0 Å². The van der Waals surface area contributed by atoms with Crippen LogP contribution in [-0.4, -0.2) is 13.1 Å². The standard InChI is InChI=1S/C11H19N3/c1-10(14-13-9-5-8-12)11-6-3-2-4-7-11/h2-4,6-7,10,13-14H,5,8-9,12H2,1H3. The fourth-order valence-electron chi connectivity index (χ4n) is 1.24. The Balaban J connectivity index is 2.25. The van der Waals surface area contributed by atoms with Crippen LogP contribution in [0.1, 0.15) is 24.9 Å². The first-order chi connectivity index (χ1) is 6.84. The zero-order chi connectivity index (χ0) is 10.2. The fraction of sp³-hybridized carbons (Fsp3) is 0.455. The minimum absolute atomic E-state index is 0.328. The van der Waals surface area contributed by atoms with Crippen LogP contribution < -0.4 is 16.6 Å². The van der Waals surface area contributed by atoms with Gasteiger partial charge in [-0.15, -0.1) is 0 Å². The van der Waals surface area contributed by atoms with E-state index in [1.54, 1.807) is 0 Å². The Morgan fingerprint density at radius 2 is 2.00 bits per heavy atom. The average molecular weight is 193 g/mol. The quantitative estimate of drug-likeness (QED) is 0.470. The van der Waals surface area contributed by atoms with Gasteiger partial charge < -0.3 is 5.73 Å². The highest BCUT2D eigenvalue weighted by atomic mass is 15.4. The van der Waals surface area contributed by atoms with Crippen LogP contribution in [0.15, 0.2) is 30.3 Å². The fourth-order valence-corrected chi connectivity index (χ4v) is 1.24. The molecule has 0 heterocycles. The second kappa shape index (κ2) is 6.54. The van der Waals surface area contributed by atoms with E-state index in [1.165, 1.54) is 5.56 Å². The van der Waals surface area contributed by atoms with Gasteiger partial charge in [-0.3, -0.25) is 10.9 Å². The summed E-state index contributed by atoms with van der Waals surface area (Å²) in [6.45, 7) is 3.77. The van der Waals surface area contributed by atoms with Gasteiger partial charge in [-0.05, 0) is 25.5 Å². The Bertz CT molecular complexity index is 236. The molecule has 3 heteroatoms. The average Bonchev–Trinajstić information content (AvgIpc) is 2.25. The Kier molecular flexibility index (Phi) is 5.22. The molecular formula is C11H19N3. The molecule has 14 heavy (non-hydrogen) atoms. The molecule has 0 fully saturated rings. The van der Waals surface area contributed by atoms with Gasteiger partial charge in [0.25, 0.3) is 0 Å². The summed E-state index contributed by atoms with van der Waals surface area (Å²) < 4.78 is 0. The van der Waals surface area contributed by atoms with Gasteiger partial charge in [0.15, 0.2) is 0 Å². The van der Waals surface area contributed by atoms with E-state index in [9.17, 15) is 0 Å². The molecule has 78 valence electrons. The molecule has 0 saturated heterocycles. The number of nitrogens with one attached hydrogen (secondary N) is 2. The third-order valence-corrected chi connectivity index (χ3v) is 2.12. The maximum absolute atomic E-state index is 5.39. The zero-order valence-electron chi connectivity index (χ0n) is 8.66. The van der Waals surface area contributed by atoms with Crippen molar-refractivity contribution in [2.24, 2.45) is 5.73 Å². The summed E-state index contributed by atoms with van der Waals surface area (Å²) >= 11 is 0. The maximum atomic E-state index is 5.39. The summed E-state index contributed by atoms with van der Waals surface area (Å²) in [4.78, 5) is 0. The van der Waals surface area contributed by atoms with Gasteiger partial charge in [0.1, 0.15) is 0 Å². The lowest BCUT2D eigenvalue weighted by molar-refractivity contribution is 0.458. The number of benzene rings is 1. The highest BCUT2D eigenvalue weighted by Gasteiger charge is 2.01. The van der Waals surface area contributed by atoms with Crippen molar-refractivity contribution in [1.29, 1.82) is 0 Å². The Morgan fingerprint density at radius 3 is 2.64 bits per heavy atom. The molecule has 0 bridgehead atoms. The zero-order valence-corrected chi connectivity index (χ0v) is 8.66. The molecule has 1 unspecified atom stereocenters. The first-order valence-corrected chi connectivity index (χ1v) is 5.08. The van der Waals surface area contributed by atoms with E-state index >= 15 is 0 Å². The smallest absolute Gasteiger partial charge is 0.0434 e. The van der Waals surface area contributed by atoms with Crippen molar-refractivity contribution in [3.8, 4) is 0 Å². The molecule has 1 atom stereocenters. The molecule has 0 spiro atoms. The molecule has 4 N–H and O–H groups in total. The van der Waals surface area contributed by atoms with Gasteiger partial charge in [0.2, 0.25) is 0 Å². The van der Waals surface area contributed by atoms with E-state index in [-0.39, 0.29) is 0 Å². The summed E-state index contributed by atoms with van der Waals surface area (Å²) in [5.41, 5.74) is 13.1. The minimum Gasteiger partial charge on any atom is -0.330 e. The SMILES string of the molecule is CC(NNCCCN)c1ccccc1. The van der Waals surface area contributed by atoms with Gasteiger partial charge in [-0.25, -0.2) is 0 Å². The molecule has 0 aromatic heterocycles. The number of nitrogens with two attached hydrogens (primary N) is 1. The molecule has 3 nitrogen and oxygen atoms in total. The highest BCUT2D eigenvalue weighted by Crippen LogP contribution is 2.09. The van der Waals surface area contributed by atoms with Crippen molar-refractivity contribution in [3.05, 3.63) is 35.9 Å². The predicted octanol–water partition coefficient (Wildman–Crippen LogP) is 1.19. The summed E-state index contributed by atoms with van der Waals surface area (Å²) in [6, 6.07) is 10.7. The Hall–Kier alpha value is -0.900. The lowest BCUT2D eigenvalue weighted by Gasteiger charge is -2.14. The van der Waals surface area contributed by atoms with E-state index in [1.807, 2.05) is 18.2 Å². The van der Waals surface area contributed by atoms with E-state index in [0.717, 1.165) is 19.5 Å². The topological polar surface area (TPSA) is 50.1 Å². The predicted molar refractivity (Wildman–Crippen MR) is 59.7 cm³/mol. The lowest BCUT2D eigenvalue weighted by Crippen LogP contribution is -2.35. The summed E-state index contributed by atoms with van der Waals surface area (Å²) in [5, 5.41) is 0. The Labute approximate surface area is 85.7 Å². The summed E-state index contributed by atoms with van der Waals surface area (Å²) in [6.07, 6.45) is 0.995. The van der Waals surface area contributed by atoms with Crippen molar-refractivity contribution >= 4 is 0 Å². The first-order valence-electron chi connectivity index (χ1n) is 5.08. The van der Waals surface area contributed by atoms with Crippen LogP contribution in [0.2, 0.25) is 0 Å². The van der Waals surface area contributed by atoms with E-state index in [2.05, 4.69) is 29.9 Å². The monoisotopic (exact) mass is 193 g/mol. The van der Waals surface area contributed by atoms with Gasteiger partial charge in [0.05, 0.1) is 0 Å². The second-order valence-electron chi connectivity index (χ2n) is 3.35. The molecule has 0 saturated carbocycles. The molecule has 1 rings (SSSR count). The highest BCUT2D eigenvalue weighted by molar-refractivity contribution is 5.17. The van der Waals surface area contributed by atoms with Crippen molar-refractivity contribution < 1.29 is 0 Å². The van der Waals surface area contributed by atoms with Crippen LogP contribution in [-0.2, 0) is 0 Å². The molecule has 0 aliphatic carbocycles. The minimum atomic E-state index is 0.328. The van der Waals surface area contributed by atoms with Gasteiger partial charge in [-0.1, -0.05) is 30.3 Å². The normalized spacial score (nSPS) is 12.7. The molecule has 1 aromatic carbocycles. The van der Waals surface area contributed by atoms with E-state index in [4.69, 9.17) is 5.73 Å². The molecule has 0 aliphatic heterocycles. The largest absolute Gasteiger partial charge is 0.330 e. The van der Waals surface area contributed by atoms with Crippen molar-refractivity contribution in [2.75, 3.05) is 13.1 Å². The van der Waals surface area contributed by atoms with Crippen LogP contribution >= 0.6 is 0 Å². The number of hydrazine groups is 1. The van der Waals surface area contributed by atoms with Gasteiger partial charge >= 0.3 is 0 Å². The third-order valence-electron chi connectivity index (χ3n) is 2.12. The molecule has 0 amide bonds. The number of rotatable bonds is 6. The van der Waals surface area contributed by atoms with Crippen molar-refractivity contribution in [2.45, 2.75) is 19.4 Å².